The molecule has 0 saturated carbocycles. The fourth-order valence-electron chi connectivity index (χ4n) is 2.41. The average molecular weight is 265 g/mol. The summed E-state index contributed by atoms with van der Waals surface area (Å²) in [6.07, 6.45) is 1.92. The predicted octanol–water partition coefficient (Wildman–Crippen LogP) is 3.15. The molecular weight excluding hydrogens is 246 g/mol. The van der Waals surface area contributed by atoms with Crippen molar-refractivity contribution in [3.05, 3.63) is 65.9 Å². The van der Waals surface area contributed by atoms with Crippen LogP contribution in [0.2, 0.25) is 0 Å². The van der Waals surface area contributed by atoms with Gasteiger partial charge in [-0.2, -0.15) is 5.10 Å². The summed E-state index contributed by atoms with van der Waals surface area (Å²) in [7, 11) is 0. The van der Waals surface area contributed by atoms with Crippen LogP contribution >= 0.6 is 0 Å². The minimum absolute atomic E-state index is 0.412. The first-order chi connectivity index (χ1) is 9.78. The van der Waals surface area contributed by atoms with Gasteiger partial charge in [-0.1, -0.05) is 49.4 Å². The van der Waals surface area contributed by atoms with E-state index >= 15 is 0 Å². The molecule has 1 unspecified atom stereocenters. The summed E-state index contributed by atoms with van der Waals surface area (Å²) in [6, 6.07) is 16.9. The van der Waals surface area contributed by atoms with E-state index in [1.807, 2.05) is 23.0 Å². The molecule has 3 aromatic rings. The third kappa shape index (κ3) is 2.45. The fourth-order valence-corrected chi connectivity index (χ4v) is 2.41. The molecule has 0 fully saturated rings. The van der Waals surface area contributed by atoms with Crippen LogP contribution in [0.5, 0.6) is 0 Å². The normalized spacial score (nSPS) is 12.7. The lowest BCUT2D eigenvalue weighted by Gasteiger charge is -2.10. The molecule has 0 aliphatic heterocycles. The Morgan fingerprint density at radius 1 is 1.10 bits per heavy atom. The minimum Gasteiger partial charge on any atom is -0.330 e. The number of fused-ring (bicyclic) bond motifs is 1. The molecule has 2 N–H and O–H groups in total. The number of hydrogen-bond donors (Lipinski definition) is 1. The lowest BCUT2D eigenvalue weighted by molar-refractivity contribution is 0.710. The van der Waals surface area contributed by atoms with Crippen molar-refractivity contribution in [2.45, 2.75) is 19.4 Å². The second kappa shape index (κ2) is 5.47. The van der Waals surface area contributed by atoms with Crippen LogP contribution in [0.4, 0.5) is 0 Å². The van der Waals surface area contributed by atoms with E-state index in [1.165, 1.54) is 22.0 Å². The Balaban J connectivity index is 1.84. The van der Waals surface area contributed by atoms with Crippen LogP contribution in [0, 0.1) is 0 Å². The molecule has 0 aliphatic carbocycles. The first kappa shape index (κ1) is 12.9. The second-order valence-corrected chi connectivity index (χ2v) is 5.24. The number of para-hydroxylation sites is 1. The Morgan fingerprint density at radius 3 is 2.60 bits per heavy atom. The van der Waals surface area contributed by atoms with Gasteiger partial charge in [0, 0.05) is 5.39 Å². The second-order valence-electron chi connectivity index (χ2n) is 5.24. The zero-order valence-electron chi connectivity index (χ0n) is 11.7. The summed E-state index contributed by atoms with van der Waals surface area (Å²) in [5.41, 5.74) is 9.42. The molecule has 0 amide bonds. The van der Waals surface area contributed by atoms with Gasteiger partial charge in [-0.15, -0.1) is 0 Å². The van der Waals surface area contributed by atoms with Gasteiger partial charge in [-0.25, -0.2) is 0 Å². The molecule has 3 nitrogen and oxygen atoms in total. The van der Waals surface area contributed by atoms with Crippen LogP contribution in [-0.2, 0) is 6.54 Å². The lowest BCUT2D eigenvalue weighted by Crippen LogP contribution is -2.09. The van der Waals surface area contributed by atoms with Crippen LogP contribution in [0.1, 0.15) is 24.0 Å². The summed E-state index contributed by atoms with van der Waals surface area (Å²) in [4.78, 5) is 0. The molecule has 20 heavy (non-hydrogen) atoms. The predicted molar refractivity (Wildman–Crippen MR) is 82.7 cm³/mol. The quantitative estimate of drug-likeness (QED) is 0.787. The zero-order valence-corrected chi connectivity index (χ0v) is 11.7. The Kier molecular flexibility index (Phi) is 3.52. The molecule has 0 spiro atoms. The van der Waals surface area contributed by atoms with Crippen LogP contribution in [0.25, 0.3) is 10.9 Å². The Bertz CT molecular complexity index is 698. The molecule has 0 saturated heterocycles. The van der Waals surface area contributed by atoms with Crippen molar-refractivity contribution in [1.29, 1.82) is 0 Å². The maximum Gasteiger partial charge on any atom is 0.0686 e. The van der Waals surface area contributed by atoms with Gasteiger partial charge >= 0.3 is 0 Å². The topological polar surface area (TPSA) is 43.8 Å². The molecule has 102 valence electrons. The third-order valence-electron chi connectivity index (χ3n) is 3.79. The summed E-state index contributed by atoms with van der Waals surface area (Å²) in [6.45, 7) is 3.63. The monoisotopic (exact) mass is 265 g/mol. The number of benzene rings is 2. The highest BCUT2D eigenvalue weighted by Crippen LogP contribution is 2.17. The van der Waals surface area contributed by atoms with E-state index in [0.717, 1.165) is 6.54 Å². The van der Waals surface area contributed by atoms with Gasteiger partial charge in [0.05, 0.1) is 18.3 Å². The minimum atomic E-state index is 0.412. The molecule has 3 heteroatoms. The highest BCUT2D eigenvalue weighted by atomic mass is 15.3. The molecule has 0 aliphatic rings. The first-order valence-electron chi connectivity index (χ1n) is 6.97. The van der Waals surface area contributed by atoms with Crippen molar-refractivity contribution < 1.29 is 0 Å². The van der Waals surface area contributed by atoms with Crippen LogP contribution < -0.4 is 5.73 Å². The summed E-state index contributed by atoms with van der Waals surface area (Å²) >= 11 is 0. The van der Waals surface area contributed by atoms with E-state index in [0.29, 0.717) is 12.5 Å². The van der Waals surface area contributed by atoms with Crippen LogP contribution in [-0.4, -0.2) is 16.3 Å². The van der Waals surface area contributed by atoms with E-state index in [-0.39, 0.29) is 0 Å². The standard InChI is InChI=1S/C17H19N3/c1-13(10-18)15-8-6-14(7-9-15)12-20-17-5-3-2-4-16(17)11-19-20/h2-9,11,13H,10,12,18H2,1H3. The van der Waals surface area contributed by atoms with Crippen molar-refractivity contribution in [2.75, 3.05) is 6.54 Å². The van der Waals surface area contributed by atoms with Crippen LogP contribution in [0.3, 0.4) is 0 Å². The summed E-state index contributed by atoms with van der Waals surface area (Å²) < 4.78 is 2.04. The lowest BCUT2D eigenvalue weighted by atomic mass is 10.0. The van der Waals surface area contributed by atoms with Crippen molar-refractivity contribution in [3.63, 3.8) is 0 Å². The van der Waals surface area contributed by atoms with E-state index in [4.69, 9.17) is 5.73 Å². The Labute approximate surface area is 119 Å². The van der Waals surface area contributed by atoms with Gasteiger partial charge in [-0.3, -0.25) is 4.68 Å². The van der Waals surface area contributed by atoms with E-state index in [2.05, 4.69) is 48.4 Å². The molecule has 1 aromatic heterocycles. The van der Waals surface area contributed by atoms with Gasteiger partial charge in [0.2, 0.25) is 0 Å². The summed E-state index contributed by atoms with van der Waals surface area (Å²) in [5.74, 6) is 0.412. The highest BCUT2D eigenvalue weighted by Gasteiger charge is 2.05. The number of nitrogens with zero attached hydrogens (tertiary/aromatic N) is 2. The third-order valence-corrected chi connectivity index (χ3v) is 3.79. The zero-order chi connectivity index (χ0) is 13.9. The van der Waals surface area contributed by atoms with Crippen LogP contribution in [0.15, 0.2) is 54.7 Å². The summed E-state index contributed by atoms with van der Waals surface area (Å²) in [5, 5.41) is 5.64. The molecule has 1 atom stereocenters. The number of hydrogen-bond acceptors (Lipinski definition) is 2. The maximum atomic E-state index is 5.70. The van der Waals surface area contributed by atoms with Gasteiger partial charge in [0.1, 0.15) is 0 Å². The van der Waals surface area contributed by atoms with E-state index < -0.39 is 0 Å². The average Bonchev–Trinajstić information content (AvgIpc) is 2.91. The largest absolute Gasteiger partial charge is 0.330 e. The van der Waals surface area contributed by atoms with Gasteiger partial charge < -0.3 is 5.73 Å². The van der Waals surface area contributed by atoms with E-state index in [1.54, 1.807) is 0 Å². The highest BCUT2D eigenvalue weighted by molar-refractivity contribution is 5.78. The SMILES string of the molecule is CC(CN)c1ccc(Cn2ncc3ccccc32)cc1. The van der Waals surface area contributed by atoms with Gasteiger partial charge in [0.15, 0.2) is 0 Å². The van der Waals surface area contributed by atoms with E-state index in [9.17, 15) is 0 Å². The van der Waals surface area contributed by atoms with Crippen molar-refractivity contribution in [3.8, 4) is 0 Å². The van der Waals surface area contributed by atoms with Gasteiger partial charge in [-0.05, 0) is 29.7 Å². The maximum absolute atomic E-state index is 5.70. The van der Waals surface area contributed by atoms with Crippen molar-refractivity contribution >= 4 is 10.9 Å². The Morgan fingerprint density at radius 2 is 1.85 bits per heavy atom. The molecule has 1 heterocycles. The van der Waals surface area contributed by atoms with Gasteiger partial charge in [0.25, 0.3) is 0 Å². The first-order valence-corrected chi connectivity index (χ1v) is 6.97. The Hall–Kier alpha value is -2.13. The number of aromatic nitrogens is 2. The number of nitrogens with two attached hydrogens (primary N) is 1. The molecule has 2 aromatic carbocycles. The van der Waals surface area contributed by atoms with Crippen molar-refractivity contribution in [2.24, 2.45) is 5.73 Å². The molecule has 3 rings (SSSR count). The molecular formula is C17H19N3. The number of rotatable bonds is 4. The molecule has 0 bridgehead atoms. The smallest absolute Gasteiger partial charge is 0.0686 e. The molecule has 0 radical (unpaired) electrons. The fraction of sp³-hybridized carbons (Fsp3) is 0.235. The van der Waals surface area contributed by atoms with Crippen molar-refractivity contribution in [1.82, 2.24) is 9.78 Å².